The Morgan fingerprint density at radius 3 is 2.63 bits per heavy atom. The van der Waals surface area contributed by atoms with Crippen molar-refractivity contribution in [1.29, 1.82) is 0 Å². The fraction of sp³-hybridized carbons (Fsp3) is 0.533. The summed E-state index contributed by atoms with van der Waals surface area (Å²) in [6.45, 7) is 0.476. The molecule has 1 saturated carbocycles. The number of hydrogen-bond acceptors (Lipinski definition) is 3. The number of carbonyl (C=O) groups excluding carboxylic acids is 1. The van der Waals surface area contributed by atoms with Crippen molar-refractivity contribution >= 4 is 5.91 Å². The second-order valence-corrected chi connectivity index (χ2v) is 5.09. The minimum atomic E-state index is -0.358. The van der Waals surface area contributed by atoms with Gasteiger partial charge in [-0.15, -0.1) is 0 Å². The lowest BCUT2D eigenvalue weighted by Gasteiger charge is -2.21. The minimum absolute atomic E-state index is 0.0483. The summed E-state index contributed by atoms with van der Waals surface area (Å²) in [4.78, 5) is 12.4. The van der Waals surface area contributed by atoms with Gasteiger partial charge in [-0.3, -0.25) is 4.79 Å². The topological polar surface area (TPSA) is 58.6 Å². The van der Waals surface area contributed by atoms with E-state index in [1.165, 1.54) is 0 Å². The summed E-state index contributed by atoms with van der Waals surface area (Å²) < 4.78 is 5.07. The van der Waals surface area contributed by atoms with Gasteiger partial charge in [0.05, 0.1) is 18.1 Å². The van der Waals surface area contributed by atoms with Crippen molar-refractivity contribution in [2.75, 3.05) is 20.3 Å². The van der Waals surface area contributed by atoms with Gasteiger partial charge in [-0.2, -0.15) is 0 Å². The predicted octanol–water partition coefficient (Wildman–Crippen LogP) is 1.23. The van der Waals surface area contributed by atoms with Gasteiger partial charge in [0.2, 0.25) is 5.91 Å². The lowest BCUT2D eigenvalue weighted by molar-refractivity contribution is -0.124. The van der Waals surface area contributed by atoms with Gasteiger partial charge in [-0.05, 0) is 24.8 Å². The highest BCUT2D eigenvalue weighted by Gasteiger charge is 2.51. The van der Waals surface area contributed by atoms with Crippen LogP contribution in [-0.4, -0.2) is 37.4 Å². The lowest BCUT2D eigenvalue weighted by atomic mass is 9.94. The van der Waals surface area contributed by atoms with E-state index in [-0.39, 0.29) is 24.0 Å². The Hall–Kier alpha value is -1.39. The van der Waals surface area contributed by atoms with Crippen LogP contribution >= 0.6 is 0 Å². The molecular formula is C15H21NO3. The maximum atomic E-state index is 12.4. The van der Waals surface area contributed by atoms with Crippen molar-refractivity contribution in [2.45, 2.75) is 30.7 Å². The van der Waals surface area contributed by atoms with Gasteiger partial charge in [0.15, 0.2) is 0 Å². The number of rotatable bonds is 7. The van der Waals surface area contributed by atoms with E-state index in [0.717, 1.165) is 18.4 Å². The first-order valence-electron chi connectivity index (χ1n) is 6.69. The highest BCUT2D eigenvalue weighted by atomic mass is 16.5. The Labute approximate surface area is 113 Å². The van der Waals surface area contributed by atoms with Gasteiger partial charge >= 0.3 is 0 Å². The zero-order chi connectivity index (χ0) is 13.7. The average molecular weight is 263 g/mol. The number of benzene rings is 1. The summed E-state index contributed by atoms with van der Waals surface area (Å²) in [6, 6.07) is 9.76. The molecule has 0 saturated heterocycles. The van der Waals surface area contributed by atoms with Crippen LogP contribution in [0.3, 0.4) is 0 Å². The van der Waals surface area contributed by atoms with Crippen LogP contribution in [0.15, 0.2) is 30.3 Å². The molecule has 0 radical (unpaired) electrons. The number of amides is 1. The molecule has 1 amide bonds. The Morgan fingerprint density at radius 1 is 1.42 bits per heavy atom. The Balaban J connectivity index is 2.03. The number of aliphatic hydroxyl groups excluding tert-OH is 1. The van der Waals surface area contributed by atoms with Crippen molar-refractivity contribution in [2.24, 2.45) is 0 Å². The molecule has 0 aliphatic heterocycles. The minimum Gasteiger partial charge on any atom is -0.396 e. The Morgan fingerprint density at radius 2 is 2.11 bits per heavy atom. The molecule has 4 nitrogen and oxygen atoms in total. The average Bonchev–Trinajstić information content (AvgIpc) is 3.22. The van der Waals surface area contributed by atoms with Crippen LogP contribution in [0.1, 0.15) is 24.8 Å². The van der Waals surface area contributed by atoms with Crippen molar-refractivity contribution in [3.05, 3.63) is 35.9 Å². The zero-order valence-corrected chi connectivity index (χ0v) is 11.3. The van der Waals surface area contributed by atoms with Gasteiger partial charge in [-0.25, -0.2) is 0 Å². The molecule has 1 aromatic rings. The van der Waals surface area contributed by atoms with E-state index < -0.39 is 0 Å². The molecule has 1 atom stereocenters. The largest absolute Gasteiger partial charge is 0.396 e. The molecule has 1 unspecified atom stereocenters. The van der Waals surface area contributed by atoms with Gasteiger partial charge in [0, 0.05) is 13.7 Å². The van der Waals surface area contributed by atoms with Crippen molar-refractivity contribution < 1.29 is 14.6 Å². The molecule has 2 rings (SSSR count). The molecule has 0 heterocycles. The molecule has 1 fully saturated rings. The van der Waals surface area contributed by atoms with Crippen LogP contribution in [0, 0.1) is 0 Å². The highest BCUT2D eigenvalue weighted by Crippen LogP contribution is 2.48. The van der Waals surface area contributed by atoms with Crippen molar-refractivity contribution in [1.82, 2.24) is 5.32 Å². The molecule has 0 aromatic heterocycles. The number of aliphatic hydroxyl groups is 1. The van der Waals surface area contributed by atoms with Crippen LogP contribution in [0.25, 0.3) is 0 Å². The second-order valence-electron chi connectivity index (χ2n) is 5.09. The summed E-state index contributed by atoms with van der Waals surface area (Å²) >= 11 is 0. The molecule has 104 valence electrons. The van der Waals surface area contributed by atoms with E-state index in [1.54, 1.807) is 7.11 Å². The Kier molecular flexibility index (Phi) is 4.56. The quantitative estimate of drug-likeness (QED) is 0.778. The second kappa shape index (κ2) is 6.17. The number of carbonyl (C=O) groups is 1. The predicted molar refractivity (Wildman–Crippen MR) is 72.9 cm³/mol. The van der Waals surface area contributed by atoms with E-state index in [4.69, 9.17) is 9.84 Å². The van der Waals surface area contributed by atoms with Gasteiger partial charge in [0.1, 0.15) is 0 Å². The third kappa shape index (κ3) is 3.14. The van der Waals surface area contributed by atoms with E-state index in [9.17, 15) is 4.79 Å². The summed E-state index contributed by atoms with van der Waals surface area (Å²) in [5.41, 5.74) is 0.718. The number of nitrogens with one attached hydrogen (secondary N) is 1. The monoisotopic (exact) mass is 263 g/mol. The number of ether oxygens (including phenoxy) is 1. The maximum absolute atomic E-state index is 12.4. The standard InChI is InChI=1S/C15H21NO3/c1-19-11-13(7-10-17)16-14(18)15(8-9-15)12-5-3-2-4-6-12/h2-6,13,17H,7-11H2,1H3,(H,16,18). The summed E-state index contributed by atoms with van der Waals surface area (Å²) in [5.74, 6) is 0.0502. The molecular weight excluding hydrogens is 242 g/mol. The molecule has 1 aromatic carbocycles. The summed E-state index contributed by atoms with van der Waals surface area (Å²) in [5, 5.41) is 12.0. The first-order chi connectivity index (χ1) is 9.23. The van der Waals surface area contributed by atoms with E-state index >= 15 is 0 Å². The fourth-order valence-electron chi connectivity index (χ4n) is 2.41. The number of hydrogen-bond donors (Lipinski definition) is 2. The first kappa shape index (κ1) is 14.0. The normalized spacial score (nSPS) is 17.8. The lowest BCUT2D eigenvalue weighted by Crippen LogP contribution is -2.44. The molecule has 1 aliphatic rings. The van der Waals surface area contributed by atoms with Gasteiger partial charge in [-0.1, -0.05) is 30.3 Å². The van der Waals surface area contributed by atoms with Crippen LogP contribution in [0.5, 0.6) is 0 Å². The summed E-state index contributed by atoms with van der Waals surface area (Å²) in [6.07, 6.45) is 2.30. The zero-order valence-electron chi connectivity index (χ0n) is 11.3. The maximum Gasteiger partial charge on any atom is 0.230 e. The molecule has 4 heteroatoms. The van der Waals surface area contributed by atoms with Gasteiger partial charge in [0.25, 0.3) is 0 Å². The van der Waals surface area contributed by atoms with Crippen LogP contribution < -0.4 is 5.32 Å². The summed E-state index contributed by atoms with van der Waals surface area (Å²) in [7, 11) is 1.60. The SMILES string of the molecule is COCC(CCO)NC(=O)C1(c2ccccc2)CC1. The smallest absolute Gasteiger partial charge is 0.230 e. The van der Waals surface area contributed by atoms with E-state index in [1.807, 2.05) is 30.3 Å². The third-order valence-electron chi connectivity index (χ3n) is 3.69. The van der Waals surface area contributed by atoms with Crippen LogP contribution in [-0.2, 0) is 14.9 Å². The number of methoxy groups -OCH3 is 1. The van der Waals surface area contributed by atoms with Gasteiger partial charge < -0.3 is 15.2 Å². The molecule has 0 bridgehead atoms. The molecule has 0 spiro atoms. The Bertz CT molecular complexity index is 409. The van der Waals surface area contributed by atoms with Crippen molar-refractivity contribution in [3.8, 4) is 0 Å². The third-order valence-corrected chi connectivity index (χ3v) is 3.69. The van der Waals surface area contributed by atoms with Crippen molar-refractivity contribution in [3.63, 3.8) is 0 Å². The molecule has 2 N–H and O–H groups in total. The van der Waals surface area contributed by atoms with Crippen LogP contribution in [0.2, 0.25) is 0 Å². The highest BCUT2D eigenvalue weighted by molar-refractivity contribution is 5.91. The van der Waals surface area contributed by atoms with Crippen LogP contribution in [0.4, 0.5) is 0 Å². The van der Waals surface area contributed by atoms with E-state index in [2.05, 4.69) is 5.32 Å². The fourth-order valence-corrected chi connectivity index (χ4v) is 2.41. The molecule has 19 heavy (non-hydrogen) atoms. The first-order valence-corrected chi connectivity index (χ1v) is 6.69. The molecule has 1 aliphatic carbocycles. The van der Waals surface area contributed by atoms with E-state index in [0.29, 0.717) is 13.0 Å².